The Morgan fingerprint density at radius 1 is 0.472 bits per heavy atom. The van der Waals surface area contributed by atoms with Crippen LogP contribution < -0.4 is 0 Å². The van der Waals surface area contributed by atoms with Crippen molar-refractivity contribution in [1.82, 2.24) is 0 Å². The van der Waals surface area contributed by atoms with Crippen molar-refractivity contribution in [2.75, 3.05) is 0 Å². The smallest absolute Gasteiger partial charge is 0.307 e. The van der Waals surface area contributed by atoms with Crippen molar-refractivity contribution in [2.24, 2.45) is 0 Å². The lowest BCUT2D eigenvalue weighted by molar-refractivity contribution is -0.137. The molecule has 4 heteroatoms. The van der Waals surface area contributed by atoms with E-state index in [1.807, 2.05) is 48.5 Å². The molecule has 36 heavy (non-hydrogen) atoms. The van der Waals surface area contributed by atoms with Crippen LogP contribution in [-0.2, 0) is 22.4 Å². The third-order valence-corrected chi connectivity index (χ3v) is 6.96. The molecule has 174 valence electrons. The zero-order chi connectivity index (χ0) is 24.8. The molecule has 0 spiro atoms. The van der Waals surface area contributed by atoms with Gasteiger partial charge in [-0.15, -0.1) is 0 Å². The maximum atomic E-state index is 11.5. The Hall–Kier alpha value is -4.70. The van der Waals surface area contributed by atoms with Crippen LogP contribution in [0.4, 0.5) is 0 Å². The van der Waals surface area contributed by atoms with Crippen LogP contribution in [0.1, 0.15) is 11.1 Å². The average molecular weight is 471 g/mol. The Labute approximate surface area is 207 Å². The van der Waals surface area contributed by atoms with Gasteiger partial charge in [0.15, 0.2) is 0 Å². The van der Waals surface area contributed by atoms with Gasteiger partial charge in [0.05, 0.1) is 12.8 Å². The summed E-state index contributed by atoms with van der Waals surface area (Å²) in [7, 11) is 0. The SMILES string of the molecule is O=C(O)Cc1ccccc1-c1ccc2ccc3c(-c4ccccc4CC(=O)O)ccc4ccc1c2c43. The fourth-order valence-electron chi connectivity index (χ4n) is 5.47. The van der Waals surface area contributed by atoms with Crippen molar-refractivity contribution in [3.8, 4) is 22.3 Å². The number of carboxylic acids is 2. The lowest BCUT2D eigenvalue weighted by atomic mass is 9.85. The fraction of sp³-hybridized carbons (Fsp3) is 0.0625. The van der Waals surface area contributed by atoms with E-state index in [4.69, 9.17) is 0 Å². The molecule has 6 aromatic rings. The van der Waals surface area contributed by atoms with Gasteiger partial charge >= 0.3 is 11.9 Å². The van der Waals surface area contributed by atoms with Crippen LogP contribution in [0.25, 0.3) is 54.6 Å². The summed E-state index contributed by atoms with van der Waals surface area (Å²) in [6.07, 6.45) is -0.0781. The van der Waals surface area contributed by atoms with E-state index in [1.54, 1.807) is 0 Å². The van der Waals surface area contributed by atoms with Gasteiger partial charge in [0.25, 0.3) is 0 Å². The summed E-state index contributed by atoms with van der Waals surface area (Å²) in [6.45, 7) is 0. The number of aliphatic carboxylic acids is 2. The van der Waals surface area contributed by atoms with Crippen LogP contribution in [0.15, 0.2) is 97.1 Å². The number of rotatable bonds is 6. The van der Waals surface area contributed by atoms with Crippen LogP contribution in [-0.4, -0.2) is 22.2 Å². The first-order valence-electron chi connectivity index (χ1n) is 11.8. The van der Waals surface area contributed by atoms with Gasteiger partial charge in [0, 0.05) is 0 Å². The second-order valence-electron chi connectivity index (χ2n) is 9.10. The van der Waals surface area contributed by atoms with E-state index in [9.17, 15) is 19.8 Å². The lowest BCUT2D eigenvalue weighted by Gasteiger charge is -2.18. The predicted molar refractivity (Wildman–Crippen MR) is 144 cm³/mol. The molecule has 0 aliphatic rings. The van der Waals surface area contributed by atoms with Crippen molar-refractivity contribution >= 4 is 44.3 Å². The van der Waals surface area contributed by atoms with Crippen LogP contribution in [0.5, 0.6) is 0 Å². The molecule has 0 heterocycles. The zero-order valence-corrected chi connectivity index (χ0v) is 19.4. The molecule has 4 nitrogen and oxygen atoms in total. The summed E-state index contributed by atoms with van der Waals surface area (Å²) >= 11 is 0. The minimum atomic E-state index is -0.857. The van der Waals surface area contributed by atoms with E-state index in [2.05, 4.69) is 48.5 Å². The zero-order valence-electron chi connectivity index (χ0n) is 19.4. The molecule has 0 aliphatic carbocycles. The third-order valence-electron chi connectivity index (χ3n) is 6.96. The molecule has 6 aromatic carbocycles. The lowest BCUT2D eigenvalue weighted by Crippen LogP contribution is -2.02. The van der Waals surface area contributed by atoms with E-state index >= 15 is 0 Å². The highest BCUT2D eigenvalue weighted by Crippen LogP contribution is 2.43. The minimum absolute atomic E-state index is 0.0390. The van der Waals surface area contributed by atoms with Crippen molar-refractivity contribution in [1.29, 1.82) is 0 Å². The quantitative estimate of drug-likeness (QED) is 0.253. The molecule has 0 atom stereocenters. The van der Waals surface area contributed by atoms with Gasteiger partial charge in [0.2, 0.25) is 0 Å². The molecule has 6 rings (SSSR count). The van der Waals surface area contributed by atoms with Crippen LogP contribution in [0.2, 0.25) is 0 Å². The first-order valence-corrected chi connectivity index (χ1v) is 11.8. The molecule has 0 aliphatic heterocycles. The summed E-state index contributed by atoms with van der Waals surface area (Å²) in [4.78, 5) is 23.0. The van der Waals surface area contributed by atoms with E-state index in [0.29, 0.717) is 0 Å². The molecule has 0 saturated heterocycles. The Balaban J connectivity index is 1.66. The Kier molecular flexibility index (Phi) is 5.15. The second-order valence-corrected chi connectivity index (χ2v) is 9.10. The van der Waals surface area contributed by atoms with E-state index in [1.165, 1.54) is 0 Å². The topological polar surface area (TPSA) is 74.6 Å². The predicted octanol–water partition coefficient (Wildman–Crippen LogP) is 7.17. The summed E-state index contributed by atoms with van der Waals surface area (Å²) < 4.78 is 0. The van der Waals surface area contributed by atoms with E-state index in [0.717, 1.165) is 65.7 Å². The fourth-order valence-corrected chi connectivity index (χ4v) is 5.47. The molecular formula is C32H22O4. The number of hydrogen-bond acceptors (Lipinski definition) is 2. The molecule has 0 bridgehead atoms. The van der Waals surface area contributed by atoms with Crippen molar-refractivity contribution in [3.63, 3.8) is 0 Å². The van der Waals surface area contributed by atoms with Gasteiger partial charge in [-0.05, 0) is 65.7 Å². The number of carboxylic acid groups (broad SMARTS) is 2. The maximum Gasteiger partial charge on any atom is 0.307 e. The third kappa shape index (κ3) is 3.55. The minimum Gasteiger partial charge on any atom is -0.481 e. The van der Waals surface area contributed by atoms with Gasteiger partial charge in [-0.2, -0.15) is 0 Å². The first-order chi connectivity index (χ1) is 17.5. The molecule has 0 unspecified atom stereocenters. The van der Waals surface area contributed by atoms with Gasteiger partial charge in [-0.3, -0.25) is 9.59 Å². The largest absolute Gasteiger partial charge is 0.481 e. The molecule has 2 N–H and O–H groups in total. The van der Waals surface area contributed by atoms with Gasteiger partial charge < -0.3 is 10.2 Å². The van der Waals surface area contributed by atoms with Gasteiger partial charge in [-0.25, -0.2) is 0 Å². The van der Waals surface area contributed by atoms with Crippen molar-refractivity contribution < 1.29 is 19.8 Å². The molecule has 0 radical (unpaired) electrons. The van der Waals surface area contributed by atoms with Gasteiger partial charge in [0.1, 0.15) is 0 Å². The molecule has 0 fully saturated rings. The monoisotopic (exact) mass is 470 g/mol. The van der Waals surface area contributed by atoms with E-state index in [-0.39, 0.29) is 12.8 Å². The Morgan fingerprint density at radius 3 is 1.28 bits per heavy atom. The summed E-state index contributed by atoms with van der Waals surface area (Å²) in [5, 5.41) is 25.5. The molecule has 0 saturated carbocycles. The molecule has 0 aromatic heterocycles. The number of benzene rings is 6. The summed E-state index contributed by atoms with van der Waals surface area (Å²) in [5.74, 6) is -1.71. The molecule has 0 amide bonds. The maximum absolute atomic E-state index is 11.5. The number of carbonyl (C=O) groups is 2. The Morgan fingerprint density at radius 2 is 0.861 bits per heavy atom. The summed E-state index contributed by atoms with van der Waals surface area (Å²) in [6, 6.07) is 32.2. The molecular weight excluding hydrogens is 448 g/mol. The highest BCUT2D eigenvalue weighted by Gasteiger charge is 2.18. The Bertz CT molecular complexity index is 1660. The summed E-state index contributed by atoms with van der Waals surface area (Å²) in [5.41, 5.74) is 5.41. The standard InChI is InChI=1S/C32H22O4/c33-29(34)17-21-5-1-3-7-23(21)25-13-9-19-12-16-28-26(24-8-4-2-6-22(24)18-30(35)36)14-10-20-11-15-27(25)31(19)32(20)28/h1-16H,17-18H2,(H,33,34)(H,35,36). The average Bonchev–Trinajstić information content (AvgIpc) is 2.87. The van der Waals surface area contributed by atoms with Crippen molar-refractivity contribution in [2.45, 2.75) is 12.8 Å². The number of hydrogen-bond donors (Lipinski definition) is 2. The van der Waals surface area contributed by atoms with Crippen LogP contribution in [0, 0.1) is 0 Å². The highest BCUT2D eigenvalue weighted by atomic mass is 16.4. The normalized spacial score (nSPS) is 11.4. The van der Waals surface area contributed by atoms with Crippen molar-refractivity contribution in [3.05, 3.63) is 108 Å². The highest BCUT2D eigenvalue weighted by molar-refractivity contribution is 6.27. The van der Waals surface area contributed by atoms with Crippen LogP contribution >= 0.6 is 0 Å². The van der Waals surface area contributed by atoms with E-state index < -0.39 is 11.9 Å². The first kappa shape index (κ1) is 21.8. The second kappa shape index (κ2) is 8.51. The van der Waals surface area contributed by atoms with Gasteiger partial charge in [-0.1, -0.05) is 97.1 Å². The van der Waals surface area contributed by atoms with Crippen LogP contribution in [0.3, 0.4) is 0 Å².